The zero-order valence-electron chi connectivity index (χ0n) is 9.29. The van der Waals surface area contributed by atoms with Crippen molar-refractivity contribution >= 4 is 23.2 Å². The lowest BCUT2D eigenvalue weighted by molar-refractivity contribution is 0.189. The first kappa shape index (κ1) is 12.7. The third-order valence-corrected chi connectivity index (χ3v) is 3.63. The van der Waals surface area contributed by atoms with Crippen LogP contribution in [-0.2, 0) is 6.54 Å². The van der Waals surface area contributed by atoms with Gasteiger partial charge in [0.2, 0.25) is 0 Å². The van der Waals surface area contributed by atoms with Gasteiger partial charge in [-0.05, 0) is 12.1 Å². The zero-order chi connectivity index (χ0) is 12.3. The van der Waals surface area contributed by atoms with Crippen LogP contribution in [0.3, 0.4) is 0 Å². The average molecular weight is 270 g/mol. The van der Waals surface area contributed by atoms with E-state index in [-0.39, 0.29) is 6.04 Å². The molecule has 1 saturated heterocycles. The lowest BCUT2D eigenvalue weighted by Gasteiger charge is -2.32. The van der Waals surface area contributed by atoms with Crippen molar-refractivity contribution in [2.75, 3.05) is 19.6 Å². The lowest BCUT2D eigenvalue weighted by Crippen LogP contribution is -2.50. The van der Waals surface area contributed by atoms with Crippen LogP contribution in [0.25, 0.3) is 0 Å². The van der Waals surface area contributed by atoms with Crippen LogP contribution in [0.2, 0.25) is 10.0 Å². The molecule has 1 aromatic carbocycles. The Balaban J connectivity index is 2.17. The van der Waals surface area contributed by atoms with Gasteiger partial charge < -0.3 is 5.32 Å². The Morgan fingerprint density at radius 3 is 2.76 bits per heavy atom. The Morgan fingerprint density at radius 2 is 2.12 bits per heavy atom. The number of hydrogen-bond acceptors (Lipinski definition) is 3. The van der Waals surface area contributed by atoms with Crippen LogP contribution in [0.4, 0.5) is 0 Å². The van der Waals surface area contributed by atoms with Gasteiger partial charge in [0.25, 0.3) is 0 Å². The highest BCUT2D eigenvalue weighted by Gasteiger charge is 2.23. The summed E-state index contributed by atoms with van der Waals surface area (Å²) in [5.74, 6) is 0. The molecule has 1 N–H and O–H groups in total. The lowest BCUT2D eigenvalue weighted by atomic mass is 10.1. The summed E-state index contributed by atoms with van der Waals surface area (Å²) in [6.45, 7) is 3.04. The molecule has 1 atom stereocenters. The second kappa shape index (κ2) is 5.70. The van der Waals surface area contributed by atoms with Crippen molar-refractivity contribution in [2.45, 2.75) is 12.6 Å². The minimum Gasteiger partial charge on any atom is -0.313 e. The molecule has 0 saturated carbocycles. The predicted octanol–water partition coefficient (Wildman–Crippen LogP) is 2.29. The van der Waals surface area contributed by atoms with Gasteiger partial charge in [0.15, 0.2) is 0 Å². The van der Waals surface area contributed by atoms with E-state index < -0.39 is 0 Å². The number of hydrogen-bond donors (Lipinski definition) is 1. The molecule has 1 aliphatic rings. The quantitative estimate of drug-likeness (QED) is 0.896. The summed E-state index contributed by atoms with van der Waals surface area (Å²) in [7, 11) is 0. The number of nitrogens with zero attached hydrogens (tertiary/aromatic N) is 2. The number of benzene rings is 1. The van der Waals surface area contributed by atoms with Crippen molar-refractivity contribution < 1.29 is 0 Å². The van der Waals surface area contributed by atoms with E-state index in [1.165, 1.54) is 0 Å². The second-order valence-electron chi connectivity index (χ2n) is 4.02. The summed E-state index contributed by atoms with van der Waals surface area (Å²) in [6, 6.07) is 7.65. The van der Waals surface area contributed by atoms with Gasteiger partial charge >= 0.3 is 0 Å². The van der Waals surface area contributed by atoms with Crippen molar-refractivity contribution in [3.63, 3.8) is 0 Å². The maximum atomic E-state index is 9.08. The minimum absolute atomic E-state index is 0.115. The molecule has 1 heterocycles. The molecule has 0 bridgehead atoms. The molecule has 2 rings (SSSR count). The van der Waals surface area contributed by atoms with Crippen molar-refractivity contribution in [1.29, 1.82) is 5.26 Å². The van der Waals surface area contributed by atoms with Gasteiger partial charge in [0, 0.05) is 41.8 Å². The Labute approximate surface area is 111 Å². The van der Waals surface area contributed by atoms with Crippen LogP contribution in [0.15, 0.2) is 18.2 Å². The van der Waals surface area contributed by atoms with Gasteiger partial charge in [-0.25, -0.2) is 0 Å². The second-order valence-corrected chi connectivity index (χ2v) is 4.83. The third kappa shape index (κ3) is 2.91. The topological polar surface area (TPSA) is 39.1 Å². The van der Waals surface area contributed by atoms with E-state index in [4.69, 9.17) is 28.5 Å². The van der Waals surface area contributed by atoms with Crippen molar-refractivity contribution in [2.24, 2.45) is 0 Å². The highest BCUT2D eigenvalue weighted by molar-refractivity contribution is 6.35. The average Bonchev–Trinajstić information content (AvgIpc) is 2.34. The molecule has 1 aliphatic heterocycles. The van der Waals surface area contributed by atoms with E-state index in [1.807, 2.05) is 18.2 Å². The van der Waals surface area contributed by atoms with Gasteiger partial charge in [-0.3, -0.25) is 4.90 Å². The van der Waals surface area contributed by atoms with Crippen molar-refractivity contribution in [1.82, 2.24) is 10.2 Å². The molecule has 1 fully saturated rings. The Bertz CT molecular complexity index is 422. The predicted molar refractivity (Wildman–Crippen MR) is 69.1 cm³/mol. The smallest absolute Gasteiger partial charge is 0.111 e. The normalized spacial score (nSPS) is 21.1. The van der Waals surface area contributed by atoms with E-state index in [2.05, 4.69) is 16.3 Å². The summed E-state index contributed by atoms with van der Waals surface area (Å²) in [5.41, 5.74) is 0.901. The maximum Gasteiger partial charge on any atom is 0.111 e. The summed E-state index contributed by atoms with van der Waals surface area (Å²) in [6.07, 6.45) is 0. The molecular weight excluding hydrogens is 257 g/mol. The molecule has 3 nitrogen and oxygen atoms in total. The van der Waals surface area contributed by atoms with E-state index in [0.29, 0.717) is 23.1 Å². The SMILES string of the molecule is N#CC1CNCCN1Cc1c(Cl)cccc1Cl. The maximum absolute atomic E-state index is 9.08. The van der Waals surface area contributed by atoms with Crippen LogP contribution in [-0.4, -0.2) is 30.6 Å². The molecule has 90 valence electrons. The molecule has 0 spiro atoms. The van der Waals surface area contributed by atoms with Crippen molar-refractivity contribution in [3.05, 3.63) is 33.8 Å². The van der Waals surface area contributed by atoms with Crippen LogP contribution < -0.4 is 5.32 Å². The van der Waals surface area contributed by atoms with Gasteiger partial charge in [-0.15, -0.1) is 0 Å². The summed E-state index contributed by atoms with van der Waals surface area (Å²) in [5, 5.41) is 13.6. The molecule has 0 aliphatic carbocycles. The first-order chi connectivity index (χ1) is 8.22. The van der Waals surface area contributed by atoms with Crippen LogP contribution in [0, 0.1) is 11.3 Å². The van der Waals surface area contributed by atoms with E-state index in [0.717, 1.165) is 18.7 Å². The fraction of sp³-hybridized carbons (Fsp3) is 0.417. The molecule has 1 unspecified atom stereocenters. The van der Waals surface area contributed by atoms with Crippen LogP contribution in [0.1, 0.15) is 5.56 Å². The molecule has 0 radical (unpaired) electrons. The Hall–Kier alpha value is -0.790. The van der Waals surface area contributed by atoms with Crippen LogP contribution >= 0.6 is 23.2 Å². The molecule has 0 aromatic heterocycles. The number of rotatable bonds is 2. The fourth-order valence-electron chi connectivity index (χ4n) is 1.95. The number of piperazine rings is 1. The Kier molecular flexibility index (Phi) is 4.25. The highest BCUT2D eigenvalue weighted by atomic mass is 35.5. The van der Waals surface area contributed by atoms with Crippen LogP contribution in [0.5, 0.6) is 0 Å². The van der Waals surface area contributed by atoms with Gasteiger partial charge in [0.1, 0.15) is 6.04 Å². The van der Waals surface area contributed by atoms with Crippen molar-refractivity contribution in [3.8, 4) is 6.07 Å². The highest BCUT2D eigenvalue weighted by Crippen LogP contribution is 2.26. The zero-order valence-corrected chi connectivity index (χ0v) is 10.8. The largest absolute Gasteiger partial charge is 0.313 e. The first-order valence-electron chi connectivity index (χ1n) is 5.49. The van der Waals surface area contributed by atoms with E-state index in [1.54, 1.807) is 0 Å². The molecule has 5 heteroatoms. The first-order valence-corrected chi connectivity index (χ1v) is 6.25. The monoisotopic (exact) mass is 269 g/mol. The summed E-state index contributed by atoms with van der Waals surface area (Å²) in [4.78, 5) is 2.10. The molecular formula is C12H13Cl2N3. The molecule has 0 amide bonds. The summed E-state index contributed by atoms with van der Waals surface area (Å²) >= 11 is 12.3. The fourth-order valence-corrected chi connectivity index (χ4v) is 2.47. The number of halogens is 2. The van der Waals surface area contributed by atoms with Gasteiger partial charge in [-0.1, -0.05) is 29.3 Å². The third-order valence-electron chi connectivity index (χ3n) is 2.93. The Morgan fingerprint density at radius 1 is 1.41 bits per heavy atom. The number of nitrogens with one attached hydrogen (secondary N) is 1. The van der Waals surface area contributed by atoms with E-state index >= 15 is 0 Å². The van der Waals surface area contributed by atoms with E-state index in [9.17, 15) is 0 Å². The minimum atomic E-state index is -0.115. The summed E-state index contributed by atoms with van der Waals surface area (Å²) < 4.78 is 0. The van der Waals surface area contributed by atoms with Gasteiger partial charge in [0.05, 0.1) is 6.07 Å². The molecule has 17 heavy (non-hydrogen) atoms. The van der Waals surface area contributed by atoms with Gasteiger partial charge in [-0.2, -0.15) is 5.26 Å². The molecule has 1 aromatic rings. The standard InChI is InChI=1S/C12H13Cl2N3/c13-11-2-1-3-12(14)10(11)8-17-5-4-16-7-9(17)6-15/h1-3,9,16H,4-5,7-8H2. The number of nitriles is 1.